The van der Waals surface area contributed by atoms with Crippen LogP contribution in [0.15, 0.2) is 30.3 Å². The molecule has 114 valence electrons. The molecule has 1 fully saturated rings. The minimum absolute atomic E-state index is 0.288. The Bertz CT molecular complexity index is 713. The van der Waals surface area contributed by atoms with Crippen molar-refractivity contribution < 1.29 is 9.13 Å². The first-order valence-electron chi connectivity index (χ1n) is 7.15. The highest BCUT2D eigenvalue weighted by Crippen LogP contribution is 2.29. The van der Waals surface area contributed by atoms with Crippen molar-refractivity contribution in [2.45, 2.75) is 6.54 Å². The SMILES string of the molecule is N#Cc1cc(N)c(N2CCOCC2)n1Cc1cccc(F)c1. The molecule has 5 nitrogen and oxygen atoms in total. The van der Waals surface area contributed by atoms with Crippen LogP contribution in [0.2, 0.25) is 0 Å². The van der Waals surface area contributed by atoms with Gasteiger partial charge in [-0.3, -0.25) is 0 Å². The Balaban J connectivity index is 1.99. The number of anilines is 2. The van der Waals surface area contributed by atoms with Crippen LogP contribution in [0.3, 0.4) is 0 Å². The molecule has 2 aromatic rings. The molecule has 1 aliphatic heterocycles. The number of aromatic nitrogens is 1. The standard InChI is InChI=1S/C16H17FN4O/c17-13-3-1-2-12(8-13)11-21-14(10-18)9-15(19)16(21)20-4-6-22-7-5-20/h1-3,8-9H,4-7,11,19H2. The van der Waals surface area contributed by atoms with E-state index in [0.717, 1.165) is 24.5 Å². The maximum absolute atomic E-state index is 13.4. The van der Waals surface area contributed by atoms with Gasteiger partial charge >= 0.3 is 0 Å². The molecule has 1 aromatic carbocycles. The van der Waals surface area contributed by atoms with Gasteiger partial charge in [0.1, 0.15) is 23.4 Å². The number of nitriles is 1. The Morgan fingerprint density at radius 2 is 2.05 bits per heavy atom. The van der Waals surface area contributed by atoms with Gasteiger partial charge < -0.3 is 19.9 Å². The summed E-state index contributed by atoms with van der Waals surface area (Å²) in [6, 6.07) is 10.2. The Kier molecular flexibility index (Phi) is 3.98. The van der Waals surface area contributed by atoms with Crippen molar-refractivity contribution in [3.63, 3.8) is 0 Å². The molecule has 0 bridgehead atoms. The van der Waals surface area contributed by atoms with Crippen LogP contribution < -0.4 is 10.6 Å². The van der Waals surface area contributed by atoms with Gasteiger partial charge in [0, 0.05) is 13.1 Å². The first-order valence-corrected chi connectivity index (χ1v) is 7.15. The van der Waals surface area contributed by atoms with Crippen molar-refractivity contribution in [2.75, 3.05) is 36.9 Å². The number of benzene rings is 1. The molecule has 2 heterocycles. The van der Waals surface area contributed by atoms with Crippen molar-refractivity contribution in [1.82, 2.24) is 4.57 Å². The van der Waals surface area contributed by atoms with Crippen LogP contribution in [0.25, 0.3) is 0 Å². The fourth-order valence-corrected chi connectivity index (χ4v) is 2.76. The molecule has 0 spiro atoms. The second-order valence-electron chi connectivity index (χ2n) is 5.24. The quantitative estimate of drug-likeness (QED) is 0.941. The van der Waals surface area contributed by atoms with Gasteiger partial charge in [0.2, 0.25) is 0 Å². The van der Waals surface area contributed by atoms with E-state index in [-0.39, 0.29) is 5.82 Å². The predicted molar refractivity (Wildman–Crippen MR) is 82.1 cm³/mol. The second kappa shape index (κ2) is 6.08. The number of nitrogens with two attached hydrogens (primary N) is 1. The van der Waals surface area contributed by atoms with Gasteiger partial charge in [0.05, 0.1) is 25.4 Å². The first kappa shape index (κ1) is 14.4. The average Bonchev–Trinajstić information content (AvgIpc) is 2.84. The maximum atomic E-state index is 13.4. The van der Waals surface area contributed by atoms with E-state index >= 15 is 0 Å². The van der Waals surface area contributed by atoms with E-state index in [1.165, 1.54) is 12.1 Å². The van der Waals surface area contributed by atoms with Crippen molar-refractivity contribution in [3.8, 4) is 6.07 Å². The summed E-state index contributed by atoms with van der Waals surface area (Å²) < 4.78 is 20.6. The topological polar surface area (TPSA) is 67.2 Å². The molecule has 22 heavy (non-hydrogen) atoms. The molecular weight excluding hydrogens is 283 g/mol. The maximum Gasteiger partial charge on any atom is 0.133 e. The van der Waals surface area contributed by atoms with Crippen LogP contribution >= 0.6 is 0 Å². The lowest BCUT2D eigenvalue weighted by molar-refractivity contribution is 0.122. The average molecular weight is 300 g/mol. The van der Waals surface area contributed by atoms with Crippen LogP contribution in [-0.2, 0) is 11.3 Å². The van der Waals surface area contributed by atoms with E-state index in [2.05, 4.69) is 11.0 Å². The summed E-state index contributed by atoms with van der Waals surface area (Å²) in [4.78, 5) is 2.11. The zero-order chi connectivity index (χ0) is 15.5. The van der Waals surface area contributed by atoms with E-state index < -0.39 is 0 Å². The lowest BCUT2D eigenvalue weighted by Gasteiger charge is -2.30. The van der Waals surface area contributed by atoms with E-state index in [9.17, 15) is 9.65 Å². The van der Waals surface area contributed by atoms with Crippen molar-refractivity contribution >= 4 is 11.5 Å². The van der Waals surface area contributed by atoms with Crippen molar-refractivity contribution in [3.05, 3.63) is 47.4 Å². The molecule has 3 rings (SSSR count). The summed E-state index contributed by atoms with van der Waals surface area (Å²) in [6.45, 7) is 3.12. The second-order valence-corrected chi connectivity index (χ2v) is 5.24. The third-order valence-corrected chi connectivity index (χ3v) is 3.75. The highest BCUT2D eigenvalue weighted by molar-refractivity contribution is 5.68. The van der Waals surface area contributed by atoms with Gasteiger partial charge in [-0.1, -0.05) is 12.1 Å². The molecule has 0 atom stereocenters. The van der Waals surface area contributed by atoms with Crippen LogP contribution in [-0.4, -0.2) is 30.9 Å². The van der Waals surface area contributed by atoms with Crippen LogP contribution in [0.5, 0.6) is 0 Å². The van der Waals surface area contributed by atoms with Crippen molar-refractivity contribution in [1.29, 1.82) is 5.26 Å². The molecule has 6 heteroatoms. The third-order valence-electron chi connectivity index (χ3n) is 3.75. The zero-order valence-electron chi connectivity index (χ0n) is 12.1. The van der Waals surface area contributed by atoms with Gasteiger partial charge in [-0.25, -0.2) is 4.39 Å². The number of morpholine rings is 1. The number of halogens is 1. The third kappa shape index (κ3) is 2.76. The molecule has 1 saturated heterocycles. The molecule has 0 radical (unpaired) electrons. The van der Waals surface area contributed by atoms with Gasteiger partial charge in [0.15, 0.2) is 0 Å². The molecule has 1 aliphatic rings. The Morgan fingerprint density at radius 1 is 1.27 bits per heavy atom. The summed E-state index contributed by atoms with van der Waals surface area (Å²) in [5.74, 6) is 0.521. The molecule has 0 saturated carbocycles. The summed E-state index contributed by atoms with van der Waals surface area (Å²) in [7, 11) is 0. The fraction of sp³-hybridized carbons (Fsp3) is 0.312. The number of hydrogen-bond acceptors (Lipinski definition) is 4. The van der Waals surface area contributed by atoms with E-state index in [1.807, 2.05) is 10.6 Å². The number of nitrogen functional groups attached to an aromatic ring is 1. The first-order chi connectivity index (χ1) is 10.7. The highest BCUT2D eigenvalue weighted by atomic mass is 19.1. The minimum Gasteiger partial charge on any atom is -0.396 e. The monoisotopic (exact) mass is 300 g/mol. The van der Waals surface area contributed by atoms with E-state index in [1.54, 1.807) is 12.1 Å². The lowest BCUT2D eigenvalue weighted by Crippen LogP contribution is -2.38. The number of hydrogen-bond donors (Lipinski definition) is 1. The molecule has 0 amide bonds. The summed E-state index contributed by atoms with van der Waals surface area (Å²) in [6.07, 6.45) is 0. The lowest BCUT2D eigenvalue weighted by atomic mass is 10.2. The Hall–Kier alpha value is -2.52. The Morgan fingerprint density at radius 3 is 2.73 bits per heavy atom. The van der Waals surface area contributed by atoms with E-state index in [0.29, 0.717) is 31.1 Å². The van der Waals surface area contributed by atoms with Crippen molar-refractivity contribution in [2.24, 2.45) is 0 Å². The van der Waals surface area contributed by atoms with Gasteiger partial charge in [-0.05, 0) is 23.8 Å². The molecular formula is C16H17FN4O. The van der Waals surface area contributed by atoms with Gasteiger partial charge in [-0.2, -0.15) is 5.26 Å². The van der Waals surface area contributed by atoms with Gasteiger partial charge in [0.25, 0.3) is 0 Å². The summed E-state index contributed by atoms with van der Waals surface area (Å²) >= 11 is 0. The number of ether oxygens (including phenoxy) is 1. The fourth-order valence-electron chi connectivity index (χ4n) is 2.76. The number of nitrogens with zero attached hydrogens (tertiary/aromatic N) is 3. The summed E-state index contributed by atoms with van der Waals surface area (Å²) in [5, 5.41) is 9.34. The minimum atomic E-state index is -0.288. The largest absolute Gasteiger partial charge is 0.396 e. The van der Waals surface area contributed by atoms with Gasteiger partial charge in [-0.15, -0.1) is 0 Å². The zero-order valence-corrected chi connectivity index (χ0v) is 12.1. The smallest absolute Gasteiger partial charge is 0.133 e. The van der Waals surface area contributed by atoms with Crippen LogP contribution in [0.4, 0.5) is 15.9 Å². The van der Waals surface area contributed by atoms with Crippen LogP contribution in [0.1, 0.15) is 11.3 Å². The van der Waals surface area contributed by atoms with Crippen LogP contribution in [0, 0.1) is 17.1 Å². The summed E-state index contributed by atoms with van der Waals surface area (Å²) in [5.41, 5.74) is 7.94. The molecule has 1 aromatic heterocycles. The molecule has 0 unspecified atom stereocenters. The predicted octanol–water partition coefficient (Wildman–Crippen LogP) is 1.97. The highest BCUT2D eigenvalue weighted by Gasteiger charge is 2.21. The molecule has 2 N–H and O–H groups in total. The van der Waals surface area contributed by atoms with E-state index in [4.69, 9.17) is 10.5 Å². The normalized spacial score (nSPS) is 14.8. The Labute approximate surface area is 128 Å². The number of rotatable bonds is 3. The molecule has 0 aliphatic carbocycles.